The van der Waals surface area contributed by atoms with E-state index >= 15 is 0 Å². The minimum Gasteiger partial charge on any atom is -0.491 e. The van der Waals surface area contributed by atoms with Crippen LogP contribution < -0.4 is 20.7 Å². The third-order valence-corrected chi connectivity index (χ3v) is 16.1. The number of carbonyl (C=O) groups excluding carboxylic acids is 4. The van der Waals surface area contributed by atoms with E-state index in [9.17, 15) is 19.2 Å². The van der Waals surface area contributed by atoms with E-state index in [1.807, 2.05) is 40.7 Å². The summed E-state index contributed by atoms with van der Waals surface area (Å²) in [5.41, 5.74) is 4.62. The number of thiophene rings is 1. The molecule has 1 saturated heterocycles. The van der Waals surface area contributed by atoms with Crippen LogP contribution in [0.3, 0.4) is 0 Å². The van der Waals surface area contributed by atoms with Crippen molar-refractivity contribution in [3.05, 3.63) is 108 Å². The molecule has 4 atom stereocenters. The molecule has 1 aliphatic carbocycles. The standard InChI is InChI=1S/C53H66ClN9O8S2/c1-32-34(3)73-53-45(32)46(37-16-18-39(54)19-17-37)57-41(49-61-60-35(4)63(49)53)30-44(64)56-20-22-68-23-24-69-25-26-70-27-28-71-40-14-9-13-38(29-40)48(65)42-31-72-51(58-42)43-15-10-21-62(43)52(67)47(36-11-7-6-8-12-36)59-50(66)33(2)55-5/h9,13-14,16-19,29,31,33,36,41,43,47,55H,6-8,10-12,15,20-28,30H2,1-5H3,(H,56,64)(H,59,66). The van der Waals surface area contributed by atoms with E-state index in [2.05, 4.69) is 40.0 Å². The number of likely N-dealkylation sites (N-methyl/N-ethyl adjacent to an activating group) is 1. The molecule has 20 heteroatoms. The number of hydrogen-bond acceptors (Lipinski definition) is 15. The largest absolute Gasteiger partial charge is 0.491 e. The highest BCUT2D eigenvalue weighted by Crippen LogP contribution is 2.40. The van der Waals surface area contributed by atoms with Gasteiger partial charge in [0.05, 0.1) is 63.9 Å². The number of thiazole rings is 1. The molecule has 3 aliphatic rings. The molecule has 8 rings (SSSR count). The van der Waals surface area contributed by atoms with Gasteiger partial charge in [-0.2, -0.15) is 0 Å². The number of rotatable bonds is 24. The number of nitrogens with zero attached hydrogens (tertiary/aromatic N) is 6. The summed E-state index contributed by atoms with van der Waals surface area (Å²) in [6.45, 7) is 11.2. The van der Waals surface area contributed by atoms with Crippen LogP contribution in [0.4, 0.5) is 0 Å². The fourth-order valence-electron chi connectivity index (χ4n) is 9.55. The lowest BCUT2D eigenvalue weighted by molar-refractivity contribution is -0.139. The number of aliphatic imine (C=N–C) groups is 1. The van der Waals surface area contributed by atoms with Crippen LogP contribution in [0.5, 0.6) is 5.75 Å². The van der Waals surface area contributed by atoms with Gasteiger partial charge in [-0.3, -0.25) is 28.7 Å². The van der Waals surface area contributed by atoms with Crippen LogP contribution in [0.15, 0.2) is 58.9 Å². The maximum absolute atomic E-state index is 14.2. The number of halogens is 1. The molecule has 1 saturated carbocycles. The van der Waals surface area contributed by atoms with Gasteiger partial charge in [0, 0.05) is 45.1 Å². The van der Waals surface area contributed by atoms with Crippen molar-refractivity contribution < 1.29 is 38.1 Å². The number of carbonyl (C=O) groups is 4. The van der Waals surface area contributed by atoms with Gasteiger partial charge in [0.2, 0.25) is 23.5 Å². The molecule has 3 amide bonds. The molecule has 4 unspecified atom stereocenters. The molecule has 390 valence electrons. The Balaban J connectivity index is 0.718. The molecule has 17 nitrogen and oxygen atoms in total. The Hall–Kier alpha value is -5.41. The number of ketones is 1. The average Bonchev–Trinajstić information content (AvgIpc) is 4.21. The number of amides is 3. The summed E-state index contributed by atoms with van der Waals surface area (Å²) in [4.78, 5) is 67.1. The number of hydrogen-bond donors (Lipinski definition) is 3. The summed E-state index contributed by atoms with van der Waals surface area (Å²) in [5, 5.41) is 22.0. The van der Waals surface area contributed by atoms with E-state index in [0.717, 1.165) is 83.2 Å². The first-order valence-corrected chi connectivity index (χ1v) is 27.4. The molecular formula is C53H66ClN9O8S2. The molecule has 3 N–H and O–H groups in total. The SMILES string of the molecule is CNC(C)C(=O)NC(C(=O)N1CCCC1c1nc(C(=O)c2cccc(OCCOCCOCCOCCNC(=O)CC3N=C(c4ccc(Cl)cc4)c4c(sc(C)c4C)-n4c(C)nnc43)c2)cs1)C1CCCCC1. The predicted octanol–water partition coefficient (Wildman–Crippen LogP) is 7.46. The van der Waals surface area contributed by atoms with Gasteiger partial charge in [-0.05, 0) is 96.2 Å². The lowest BCUT2D eigenvalue weighted by Gasteiger charge is -2.35. The second-order valence-electron chi connectivity index (χ2n) is 18.7. The average molecular weight is 1060 g/mol. The van der Waals surface area contributed by atoms with E-state index in [4.69, 9.17) is 40.5 Å². The van der Waals surface area contributed by atoms with Crippen molar-refractivity contribution in [2.45, 2.75) is 103 Å². The van der Waals surface area contributed by atoms with Crippen molar-refractivity contribution >= 4 is 63.5 Å². The van der Waals surface area contributed by atoms with E-state index in [0.29, 0.717) is 80.6 Å². The lowest BCUT2D eigenvalue weighted by atomic mass is 9.83. The van der Waals surface area contributed by atoms with Gasteiger partial charge in [0.15, 0.2) is 5.82 Å². The molecule has 5 aromatic rings. The molecule has 5 heterocycles. The van der Waals surface area contributed by atoms with Crippen molar-refractivity contribution in [3.8, 4) is 10.8 Å². The quantitative estimate of drug-likeness (QED) is 0.0408. The van der Waals surface area contributed by atoms with Crippen LogP contribution in [0, 0.1) is 26.7 Å². The molecular weight excluding hydrogens is 990 g/mol. The number of aromatic nitrogens is 4. The Labute approximate surface area is 439 Å². The molecule has 2 aliphatic heterocycles. The summed E-state index contributed by atoms with van der Waals surface area (Å²) in [6.07, 6.45) is 6.72. The topological polar surface area (TPSA) is 200 Å². The predicted molar refractivity (Wildman–Crippen MR) is 282 cm³/mol. The first-order valence-electron chi connectivity index (χ1n) is 25.3. The Kier molecular flexibility index (Phi) is 19.0. The number of likely N-dealkylation sites (tertiary alicyclic amines) is 1. The van der Waals surface area contributed by atoms with E-state index in [1.165, 1.54) is 16.2 Å². The van der Waals surface area contributed by atoms with Crippen molar-refractivity contribution in [2.75, 3.05) is 66.4 Å². The second-order valence-corrected chi connectivity index (χ2v) is 21.2. The molecule has 0 radical (unpaired) electrons. The van der Waals surface area contributed by atoms with Crippen LogP contribution in [-0.4, -0.2) is 132 Å². The number of aryl methyl sites for hydroxylation is 2. The Morgan fingerprint density at radius 2 is 1.60 bits per heavy atom. The smallest absolute Gasteiger partial charge is 0.246 e. The first kappa shape index (κ1) is 53.9. The van der Waals surface area contributed by atoms with Crippen molar-refractivity contribution in [3.63, 3.8) is 0 Å². The van der Waals surface area contributed by atoms with Crippen LogP contribution in [0.1, 0.15) is 125 Å². The highest BCUT2D eigenvalue weighted by molar-refractivity contribution is 7.15. The minimum absolute atomic E-state index is 0.0632. The van der Waals surface area contributed by atoms with Gasteiger partial charge in [0.1, 0.15) is 46.0 Å². The molecule has 2 aromatic carbocycles. The van der Waals surface area contributed by atoms with Gasteiger partial charge >= 0.3 is 0 Å². The Bertz CT molecular complexity index is 2740. The first-order chi connectivity index (χ1) is 35.4. The van der Waals surface area contributed by atoms with Gasteiger partial charge in [0.25, 0.3) is 0 Å². The van der Waals surface area contributed by atoms with E-state index in [1.54, 1.807) is 55.0 Å². The van der Waals surface area contributed by atoms with Crippen LogP contribution in [-0.2, 0) is 28.6 Å². The third-order valence-electron chi connectivity index (χ3n) is 13.7. The summed E-state index contributed by atoms with van der Waals surface area (Å²) in [7, 11) is 1.73. The van der Waals surface area contributed by atoms with Crippen LogP contribution in [0.25, 0.3) is 5.00 Å². The van der Waals surface area contributed by atoms with Crippen LogP contribution in [0.2, 0.25) is 5.02 Å². The maximum Gasteiger partial charge on any atom is 0.246 e. The summed E-state index contributed by atoms with van der Waals surface area (Å²) in [6, 6.07) is 12.8. The van der Waals surface area contributed by atoms with Gasteiger partial charge in [-0.15, -0.1) is 32.9 Å². The Morgan fingerprint density at radius 1 is 0.877 bits per heavy atom. The summed E-state index contributed by atoms with van der Waals surface area (Å²) in [5.74, 6) is 1.34. The van der Waals surface area contributed by atoms with Gasteiger partial charge in [-0.25, -0.2) is 4.98 Å². The monoisotopic (exact) mass is 1060 g/mol. The molecule has 0 bridgehead atoms. The zero-order valence-electron chi connectivity index (χ0n) is 42.2. The van der Waals surface area contributed by atoms with Crippen LogP contribution >= 0.6 is 34.3 Å². The third kappa shape index (κ3) is 13.3. The number of fused-ring (bicyclic) bond motifs is 3. The fraction of sp³-hybridized carbons (Fsp3) is 0.509. The van der Waals surface area contributed by atoms with E-state index < -0.39 is 18.1 Å². The summed E-state index contributed by atoms with van der Waals surface area (Å²) < 4.78 is 25.0. The van der Waals surface area contributed by atoms with Gasteiger partial charge < -0.3 is 39.8 Å². The zero-order chi connectivity index (χ0) is 51.4. The lowest BCUT2D eigenvalue weighted by Crippen LogP contribution is -2.55. The molecule has 3 aromatic heterocycles. The van der Waals surface area contributed by atoms with Crippen molar-refractivity contribution in [1.29, 1.82) is 0 Å². The zero-order valence-corrected chi connectivity index (χ0v) is 44.6. The second kappa shape index (κ2) is 25.7. The summed E-state index contributed by atoms with van der Waals surface area (Å²) >= 11 is 9.29. The number of benzene rings is 2. The maximum atomic E-state index is 14.2. The van der Waals surface area contributed by atoms with Gasteiger partial charge in [-0.1, -0.05) is 55.1 Å². The molecule has 0 spiro atoms. The van der Waals surface area contributed by atoms with Crippen molar-refractivity contribution in [1.82, 2.24) is 40.6 Å². The van der Waals surface area contributed by atoms with Crippen molar-refractivity contribution in [2.24, 2.45) is 10.9 Å². The minimum atomic E-state index is -0.586. The molecule has 2 fully saturated rings. The highest BCUT2D eigenvalue weighted by atomic mass is 35.5. The Morgan fingerprint density at radius 3 is 2.34 bits per heavy atom. The molecule has 73 heavy (non-hydrogen) atoms. The normalized spacial score (nSPS) is 17.6. The van der Waals surface area contributed by atoms with E-state index in [-0.39, 0.29) is 48.5 Å². The highest BCUT2D eigenvalue weighted by Gasteiger charge is 2.40. The number of nitrogens with one attached hydrogen (secondary N) is 3. The number of ether oxygens (including phenoxy) is 4. The fourth-order valence-corrected chi connectivity index (χ4v) is 11.8.